The zero-order valence-electron chi connectivity index (χ0n) is 16.3. The fourth-order valence-corrected chi connectivity index (χ4v) is 5.20. The molecule has 1 atom stereocenters. The van der Waals surface area contributed by atoms with Crippen LogP contribution < -0.4 is 5.32 Å². The summed E-state index contributed by atoms with van der Waals surface area (Å²) in [6, 6.07) is 11.5. The molecule has 0 bridgehead atoms. The van der Waals surface area contributed by atoms with Gasteiger partial charge in [-0.2, -0.15) is 8.42 Å². The number of anilines is 1. The van der Waals surface area contributed by atoms with Gasteiger partial charge in [0.05, 0.1) is 4.90 Å². The summed E-state index contributed by atoms with van der Waals surface area (Å²) in [7, 11) is -3.99. The van der Waals surface area contributed by atoms with Crippen molar-refractivity contribution in [2.75, 3.05) is 11.9 Å². The van der Waals surface area contributed by atoms with Gasteiger partial charge in [0.25, 0.3) is 10.0 Å². The molecule has 158 valence electrons. The lowest BCUT2D eigenvalue weighted by atomic mass is 10.2. The average molecular weight is 450 g/mol. The summed E-state index contributed by atoms with van der Waals surface area (Å²) in [5.41, 5.74) is 1.31. The second-order valence-electron chi connectivity index (χ2n) is 6.61. The van der Waals surface area contributed by atoms with Gasteiger partial charge in [-0.1, -0.05) is 29.5 Å². The molecule has 1 fully saturated rings. The first-order valence-corrected chi connectivity index (χ1v) is 11.5. The predicted octanol–water partition coefficient (Wildman–Crippen LogP) is 3.17. The van der Waals surface area contributed by atoms with E-state index in [1.54, 1.807) is 19.1 Å². The Kier molecular flexibility index (Phi) is 6.57. The number of benzene rings is 2. The van der Waals surface area contributed by atoms with Gasteiger partial charge in [0.15, 0.2) is 5.17 Å². The van der Waals surface area contributed by atoms with Crippen molar-refractivity contribution in [2.24, 2.45) is 4.40 Å². The SMILES string of the molecule is CCN1C(=O)[C@@H](CC(=O)Nc2ccc(F)cc2)SC1=NS(=O)(=O)c1ccc(C)cc1. The highest BCUT2D eigenvalue weighted by Crippen LogP contribution is 2.31. The monoisotopic (exact) mass is 449 g/mol. The molecule has 1 aliphatic heterocycles. The third kappa shape index (κ3) is 5.06. The summed E-state index contributed by atoms with van der Waals surface area (Å²) in [6.45, 7) is 3.77. The molecular weight excluding hydrogens is 429 g/mol. The molecule has 2 aromatic rings. The number of amides is 2. The number of hydrogen-bond donors (Lipinski definition) is 1. The van der Waals surface area contributed by atoms with Crippen LogP contribution in [0, 0.1) is 12.7 Å². The van der Waals surface area contributed by atoms with Crippen LogP contribution in [0.5, 0.6) is 0 Å². The molecule has 0 aliphatic carbocycles. The van der Waals surface area contributed by atoms with Crippen LogP contribution in [0.4, 0.5) is 10.1 Å². The van der Waals surface area contributed by atoms with E-state index in [1.165, 1.54) is 41.3 Å². The van der Waals surface area contributed by atoms with Crippen LogP contribution in [0.2, 0.25) is 0 Å². The highest BCUT2D eigenvalue weighted by atomic mass is 32.2. The Bertz CT molecular complexity index is 1080. The van der Waals surface area contributed by atoms with E-state index in [4.69, 9.17) is 0 Å². The number of hydrogen-bond acceptors (Lipinski definition) is 5. The summed E-state index contributed by atoms with van der Waals surface area (Å²) < 4.78 is 42.1. The Morgan fingerprint density at radius 3 is 2.40 bits per heavy atom. The Labute approximate surface area is 178 Å². The number of amidine groups is 1. The zero-order valence-corrected chi connectivity index (χ0v) is 18.0. The Hall–Kier alpha value is -2.72. The van der Waals surface area contributed by atoms with Crippen molar-refractivity contribution in [3.05, 3.63) is 59.9 Å². The number of nitrogens with zero attached hydrogens (tertiary/aromatic N) is 2. The van der Waals surface area contributed by atoms with Crippen LogP contribution in [0.15, 0.2) is 57.8 Å². The first-order chi connectivity index (χ1) is 14.2. The van der Waals surface area contributed by atoms with Gasteiger partial charge >= 0.3 is 0 Å². The molecule has 0 unspecified atom stereocenters. The molecule has 0 saturated carbocycles. The number of carbonyl (C=O) groups is 2. The first kappa shape index (κ1) is 22.0. The van der Waals surface area contributed by atoms with Gasteiger partial charge in [0.2, 0.25) is 11.8 Å². The minimum atomic E-state index is -3.99. The fraction of sp³-hybridized carbons (Fsp3) is 0.250. The van der Waals surface area contributed by atoms with E-state index in [-0.39, 0.29) is 28.9 Å². The number of thioether (sulfide) groups is 1. The van der Waals surface area contributed by atoms with Gasteiger partial charge in [-0.15, -0.1) is 4.40 Å². The number of nitrogens with one attached hydrogen (secondary N) is 1. The smallest absolute Gasteiger partial charge is 0.284 e. The first-order valence-electron chi connectivity index (χ1n) is 9.14. The largest absolute Gasteiger partial charge is 0.326 e. The standard InChI is InChI=1S/C20H20FN3O4S2/c1-3-24-19(26)17(12-18(25)22-15-8-6-14(21)7-9-15)29-20(24)23-30(27,28)16-10-4-13(2)5-11-16/h4-11,17H,3,12H2,1-2H3,(H,22,25)/t17-/m1/s1. The maximum atomic E-state index is 13.0. The topological polar surface area (TPSA) is 95.9 Å². The molecule has 1 saturated heterocycles. The molecule has 1 N–H and O–H groups in total. The summed E-state index contributed by atoms with van der Waals surface area (Å²) in [5.74, 6) is -1.25. The molecule has 1 aliphatic rings. The lowest BCUT2D eigenvalue weighted by Crippen LogP contribution is -2.33. The quantitative estimate of drug-likeness (QED) is 0.731. The summed E-state index contributed by atoms with van der Waals surface area (Å²) in [4.78, 5) is 26.2. The van der Waals surface area contributed by atoms with E-state index in [1.807, 2.05) is 6.92 Å². The highest BCUT2D eigenvalue weighted by molar-refractivity contribution is 8.16. The molecule has 0 radical (unpaired) electrons. The summed E-state index contributed by atoms with van der Waals surface area (Å²) in [6.07, 6.45) is -0.166. The number of aryl methyl sites for hydroxylation is 1. The number of rotatable bonds is 6. The van der Waals surface area contributed by atoms with Crippen LogP contribution in [-0.4, -0.2) is 42.1 Å². The van der Waals surface area contributed by atoms with E-state index >= 15 is 0 Å². The molecule has 7 nitrogen and oxygen atoms in total. The zero-order chi connectivity index (χ0) is 21.9. The van der Waals surface area contributed by atoms with E-state index < -0.39 is 27.0 Å². The maximum Gasteiger partial charge on any atom is 0.284 e. The van der Waals surface area contributed by atoms with Crippen molar-refractivity contribution < 1.29 is 22.4 Å². The van der Waals surface area contributed by atoms with Crippen LogP contribution >= 0.6 is 11.8 Å². The third-order valence-electron chi connectivity index (χ3n) is 4.35. The Morgan fingerprint density at radius 2 is 1.80 bits per heavy atom. The van der Waals surface area contributed by atoms with E-state index in [2.05, 4.69) is 9.71 Å². The predicted molar refractivity (Wildman–Crippen MR) is 114 cm³/mol. The van der Waals surface area contributed by atoms with E-state index in [0.717, 1.165) is 17.3 Å². The number of halogens is 1. The average Bonchev–Trinajstić information content (AvgIpc) is 2.97. The molecule has 0 spiro atoms. The minimum absolute atomic E-state index is 0.0298. The minimum Gasteiger partial charge on any atom is -0.326 e. The van der Waals surface area contributed by atoms with Crippen molar-refractivity contribution in [2.45, 2.75) is 30.4 Å². The molecular formula is C20H20FN3O4S2. The molecule has 1 heterocycles. The lowest BCUT2D eigenvalue weighted by molar-refractivity contribution is -0.128. The Balaban J connectivity index is 1.75. The Morgan fingerprint density at radius 1 is 1.17 bits per heavy atom. The maximum absolute atomic E-state index is 13.0. The molecule has 0 aromatic heterocycles. The van der Waals surface area contributed by atoms with Crippen LogP contribution in [0.25, 0.3) is 0 Å². The van der Waals surface area contributed by atoms with Gasteiger partial charge < -0.3 is 5.32 Å². The van der Waals surface area contributed by atoms with Crippen molar-refractivity contribution in [1.29, 1.82) is 0 Å². The van der Waals surface area contributed by atoms with Crippen LogP contribution in [-0.2, 0) is 19.6 Å². The normalized spacial score (nSPS) is 18.1. The molecule has 2 amide bonds. The van der Waals surface area contributed by atoms with E-state index in [0.29, 0.717) is 5.69 Å². The molecule has 30 heavy (non-hydrogen) atoms. The van der Waals surface area contributed by atoms with Crippen molar-refractivity contribution in [1.82, 2.24) is 4.90 Å². The lowest BCUT2D eigenvalue weighted by Gasteiger charge is -2.13. The van der Waals surface area contributed by atoms with Crippen LogP contribution in [0.1, 0.15) is 18.9 Å². The van der Waals surface area contributed by atoms with Crippen molar-refractivity contribution in [3.63, 3.8) is 0 Å². The second kappa shape index (κ2) is 8.97. The fourth-order valence-electron chi connectivity index (χ4n) is 2.78. The number of carbonyl (C=O) groups excluding carboxylic acids is 2. The summed E-state index contributed by atoms with van der Waals surface area (Å²) >= 11 is 0.944. The molecule has 2 aromatic carbocycles. The van der Waals surface area contributed by atoms with Crippen molar-refractivity contribution >= 4 is 44.5 Å². The van der Waals surface area contributed by atoms with Gasteiger partial charge in [-0.3, -0.25) is 14.5 Å². The number of sulfonamides is 1. The summed E-state index contributed by atoms with van der Waals surface area (Å²) in [5, 5.41) is 1.85. The van der Waals surface area contributed by atoms with Gasteiger partial charge in [0, 0.05) is 18.7 Å². The van der Waals surface area contributed by atoms with Crippen LogP contribution in [0.3, 0.4) is 0 Å². The van der Waals surface area contributed by atoms with E-state index in [9.17, 15) is 22.4 Å². The van der Waals surface area contributed by atoms with Crippen molar-refractivity contribution in [3.8, 4) is 0 Å². The molecule has 10 heteroatoms. The van der Waals surface area contributed by atoms with Gasteiger partial charge in [0.1, 0.15) is 11.1 Å². The molecule has 3 rings (SSSR count). The van der Waals surface area contributed by atoms with Gasteiger partial charge in [-0.05, 0) is 50.2 Å². The van der Waals surface area contributed by atoms with Gasteiger partial charge in [-0.25, -0.2) is 4.39 Å². The third-order valence-corrected chi connectivity index (χ3v) is 6.92. The second-order valence-corrected chi connectivity index (χ2v) is 9.38. The highest BCUT2D eigenvalue weighted by Gasteiger charge is 2.39.